The highest BCUT2D eigenvalue weighted by molar-refractivity contribution is 5.94. The molecule has 1 saturated heterocycles. The summed E-state index contributed by atoms with van der Waals surface area (Å²) in [4.78, 5) is 22.5. The van der Waals surface area contributed by atoms with Gasteiger partial charge in [-0.2, -0.15) is 0 Å². The summed E-state index contributed by atoms with van der Waals surface area (Å²) in [7, 11) is 0. The molecule has 0 aromatic heterocycles. The number of hydrogen-bond acceptors (Lipinski definition) is 6. The number of nitrogens with one attached hydrogen (secondary N) is 1. The van der Waals surface area contributed by atoms with E-state index in [4.69, 9.17) is 9.47 Å². The molecule has 114 valence electrons. The van der Waals surface area contributed by atoms with Gasteiger partial charge in [0.25, 0.3) is 5.69 Å². The number of carbonyl (C=O) groups excluding carboxylic acids is 1. The zero-order valence-corrected chi connectivity index (χ0v) is 12.0. The van der Waals surface area contributed by atoms with Crippen molar-refractivity contribution in [1.29, 1.82) is 0 Å². The SMILES string of the molecule is CCOC(=O)c1ccc([N+](=O)[O-])c(NC[C@@H]2CCO2)c1C. The predicted molar refractivity (Wildman–Crippen MR) is 76.6 cm³/mol. The fourth-order valence-electron chi connectivity index (χ4n) is 2.16. The number of nitro groups is 1. The van der Waals surface area contributed by atoms with Gasteiger partial charge in [0.1, 0.15) is 5.69 Å². The molecule has 1 aliphatic heterocycles. The van der Waals surface area contributed by atoms with Crippen molar-refractivity contribution >= 4 is 17.3 Å². The number of ether oxygens (including phenoxy) is 2. The van der Waals surface area contributed by atoms with Crippen LogP contribution in [-0.4, -0.2) is 36.8 Å². The second kappa shape index (κ2) is 6.53. The van der Waals surface area contributed by atoms with Crippen molar-refractivity contribution in [2.24, 2.45) is 0 Å². The summed E-state index contributed by atoms with van der Waals surface area (Å²) in [5, 5.41) is 14.2. The van der Waals surface area contributed by atoms with Gasteiger partial charge in [-0.1, -0.05) is 0 Å². The van der Waals surface area contributed by atoms with Crippen molar-refractivity contribution < 1.29 is 19.2 Å². The van der Waals surface area contributed by atoms with Crippen LogP contribution in [0, 0.1) is 17.0 Å². The van der Waals surface area contributed by atoms with Crippen LogP contribution in [0.2, 0.25) is 0 Å². The molecule has 0 unspecified atom stereocenters. The molecule has 1 fully saturated rings. The number of hydrogen-bond donors (Lipinski definition) is 1. The molecule has 0 spiro atoms. The van der Waals surface area contributed by atoms with E-state index in [1.54, 1.807) is 13.8 Å². The number of nitro benzene ring substituents is 1. The Bertz CT molecular complexity index is 555. The maximum absolute atomic E-state index is 11.9. The Balaban J connectivity index is 2.29. The Hall–Kier alpha value is -2.15. The molecule has 7 heteroatoms. The molecule has 1 aromatic carbocycles. The smallest absolute Gasteiger partial charge is 0.338 e. The lowest BCUT2D eigenvalue weighted by molar-refractivity contribution is -0.384. The van der Waals surface area contributed by atoms with Crippen LogP contribution in [0.5, 0.6) is 0 Å². The first-order chi connectivity index (χ1) is 10.0. The fourth-order valence-corrected chi connectivity index (χ4v) is 2.16. The zero-order chi connectivity index (χ0) is 15.4. The summed E-state index contributed by atoms with van der Waals surface area (Å²) in [6.45, 7) is 4.84. The molecule has 1 atom stereocenters. The van der Waals surface area contributed by atoms with Gasteiger partial charge in [-0.05, 0) is 31.9 Å². The largest absolute Gasteiger partial charge is 0.462 e. The second-order valence-electron chi connectivity index (χ2n) is 4.77. The lowest BCUT2D eigenvalue weighted by Gasteiger charge is -2.27. The van der Waals surface area contributed by atoms with Gasteiger partial charge in [0.15, 0.2) is 0 Å². The van der Waals surface area contributed by atoms with Gasteiger partial charge >= 0.3 is 5.97 Å². The summed E-state index contributed by atoms with van der Waals surface area (Å²) in [6, 6.07) is 2.75. The molecule has 1 aliphatic rings. The molecule has 7 nitrogen and oxygen atoms in total. The normalized spacial score (nSPS) is 17.0. The van der Waals surface area contributed by atoms with Gasteiger partial charge in [0, 0.05) is 19.2 Å². The zero-order valence-electron chi connectivity index (χ0n) is 12.0. The standard InChI is InChI=1S/C14H18N2O5/c1-3-20-14(17)11-4-5-12(16(18)19)13(9(11)2)15-8-10-6-7-21-10/h4-5,10,15H,3,6-8H2,1-2H3/t10-/m0/s1. The lowest BCUT2D eigenvalue weighted by Crippen LogP contribution is -2.33. The van der Waals surface area contributed by atoms with E-state index in [-0.39, 0.29) is 18.4 Å². The van der Waals surface area contributed by atoms with Gasteiger partial charge in [-0.25, -0.2) is 4.79 Å². The minimum atomic E-state index is -0.479. The second-order valence-corrected chi connectivity index (χ2v) is 4.77. The highest BCUT2D eigenvalue weighted by Gasteiger charge is 2.24. The Morgan fingerprint density at radius 1 is 1.57 bits per heavy atom. The average molecular weight is 294 g/mol. The molecule has 1 aromatic rings. The summed E-state index contributed by atoms with van der Waals surface area (Å²) >= 11 is 0. The molecule has 0 amide bonds. The molecule has 0 saturated carbocycles. The quantitative estimate of drug-likeness (QED) is 0.491. The molecule has 0 bridgehead atoms. The van der Waals surface area contributed by atoms with Crippen LogP contribution in [0.3, 0.4) is 0 Å². The summed E-state index contributed by atoms with van der Waals surface area (Å²) in [6.07, 6.45) is 0.993. The van der Waals surface area contributed by atoms with Gasteiger partial charge < -0.3 is 14.8 Å². The first kappa shape index (κ1) is 15.2. The number of rotatable bonds is 6. The van der Waals surface area contributed by atoms with E-state index in [0.717, 1.165) is 13.0 Å². The number of anilines is 1. The summed E-state index contributed by atoms with van der Waals surface area (Å²) < 4.78 is 10.2. The van der Waals surface area contributed by atoms with Crippen LogP contribution in [-0.2, 0) is 9.47 Å². The van der Waals surface area contributed by atoms with Crippen LogP contribution in [0.1, 0.15) is 29.3 Å². The van der Waals surface area contributed by atoms with E-state index in [1.807, 2.05) is 0 Å². The van der Waals surface area contributed by atoms with Crippen molar-refractivity contribution in [3.8, 4) is 0 Å². The third-order valence-corrected chi connectivity index (χ3v) is 3.43. The van der Waals surface area contributed by atoms with Crippen LogP contribution in [0.15, 0.2) is 12.1 Å². The monoisotopic (exact) mass is 294 g/mol. The molecular weight excluding hydrogens is 276 g/mol. The topological polar surface area (TPSA) is 90.7 Å². The van der Waals surface area contributed by atoms with Crippen LogP contribution in [0.4, 0.5) is 11.4 Å². The average Bonchev–Trinajstić information content (AvgIpc) is 2.38. The highest BCUT2D eigenvalue weighted by atomic mass is 16.6. The maximum Gasteiger partial charge on any atom is 0.338 e. The van der Waals surface area contributed by atoms with Gasteiger partial charge in [0.2, 0.25) is 0 Å². The van der Waals surface area contributed by atoms with Gasteiger partial charge in [-0.3, -0.25) is 10.1 Å². The van der Waals surface area contributed by atoms with Crippen LogP contribution >= 0.6 is 0 Å². The molecule has 1 heterocycles. The Morgan fingerprint density at radius 3 is 2.81 bits per heavy atom. The number of carbonyl (C=O) groups is 1. The van der Waals surface area contributed by atoms with E-state index in [1.165, 1.54) is 12.1 Å². The Kier molecular flexibility index (Phi) is 4.74. The molecule has 1 N–H and O–H groups in total. The Labute approximate surface area is 122 Å². The highest BCUT2D eigenvalue weighted by Crippen LogP contribution is 2.31. The first-order valence-corrected chi connectivity index (χ1v) is 6.85. The molecule has 0 radical (unpaired) electrons. The van der Waals surface area contributed by atoms with Gasteiger partial charge in [-0.15, -0.1) is 0 Å². The third-order valence-electron chi connectivity index (χ3n) is 3.43. The Morgan fingerprint density at radius 2 is 2.29 bits per heavy atom. The van der Waals surface area contributed by atoms with Crippen molar-refractivity contribution in [1.82, 2.24) is 0 Å². The van der Waals surface area contributed by atoms with E-state index < -0.39 is 10.9 Å². The van der Waals surface area contributed by atoms with E-state index in [2.05, 4.69) is 5.32 Å². The molecule has 21 heavy (non-hydrogen) atoms. The van der Waals surface area contributed by atoms with Crippen LogP contribution < -0.4 is 5.32 Å². The third kappa shape index (κ3) is 3.30. The van der Waals surface area contributed by atoms with Crippen molar-refractivity contribution in [2.75, 3.05) is 25.1 Å². The first-order valence-electron chi connectivity index (χ1n) is 6.85. The predicted octanol–water partition coefficient (Wildman–Crippen LogP) is 2.28. The van der Waals surface area contributed by atoms with E-state index in [9.17, 15) is 14.9 Å². The van der Waals surface area contributed by atoms with E-state index >= 15 is 0 Å². The van der Waals surface area contributed by atoms with Gasteiger partial charge in [0.05, 0.1) is 23.2 Å². The van der Waals surface area contributed by atoms with Crippen molar-refractivity contribution in [3.05, 3.63) is 33.4 Å². The molecular formula is C14H18N2O5. The maximum atomic E-state index is 11.9. The van der Waals surface area contributed by atoms with Crippen molar-refractivity contribution in [2.45, 2.75) is 26.4 Å². The summed E-state index contributed by atoms with van der Waals surface area (Å²) in [5.74, 6) is -0.479. The van der Waals surface area contributed by atoms with Crippen LogP contribution in [0.25, 0.3) is 0 Å². The number of benzene rings is 1. The van der Waals surface area contributed by atoms with E-state index in [0.29, 0.717) is 23.4 Å². The molecule has 2 rings (SSSR count). The fraction of sp³-hybridized carbons (Fsp3) is 0.500. The number of esters is 1. The summed E-state index contributed by atoms with van der Waals surface area (Å²) in [5.41, 5.74) is 1.14. The lowest BCUT2D eigenvalue weighted by atomic mass is 10.0. The van der Waals surface area contributed by atoms with Crippen molar-refractivity contribution in [3.63, 3.8) is 0 Å². The minimum Gasteiger partial charge on any atom is -0.462 e. The minimum absolute atomic E-state index is 0.0557. The molecule has 0 aliphatic carbocycles. The number of nitrogens with zero attached hydrogens (tertiary/aromatic N) is 1.